The Morgan fingerprint density at radius 1 is 1.22 bits per heavy atom. The molecule has 0 radical (unpaired) electrons. The maximum absolute atomic E-state index is 12.1. The van der Waals surface area contributed by atoms with Gasteiger partial charge in [-0.15, -0.1) is 0 Å². The summed E-state index contributed by atoms with van der Waals surface area (Å²) in [6.07, 6.45) is 2.02. The summed E-state index contributed by atoms with van der Waals surface area (Å²) in [5, 5.41) is 3.56. The highest BCUT2D eigenvalue weighted by molar-refractivity contribution is 7.88. The van der Waals surface area contributed by atoms with Crippen molar-refractivity contribution in [2.75, 3.05) is 31.2 Å². The molecule has 1 aromatic carbocycles. The van der Waals surface area contributed by atoms with Gasteiger partial charge in [-0.1, -0.05) is 23.5 Å². The molecule has 1 aliphatic heterocycles. The van der Waals surface area contributed by atoms with E-state index in [0.717, 1.165) is 16.5 Å². The summed E-state index contributed by atoms with van der Waals surface area (Å²) < 4.78 is 25.3. The highest BCUT2D eigenvalue weighted by Gasteiger charge is 2.29. The molecule has 0 saturated carbocycles. The van der Waals surface area contributed by atoms with Gasteiger partial charge < -0.3 is 5.32 Å². The van der Waals surface area contributed by atoms with Gasteiger partial charge in [0.05, 0.1) is 23.0 Å². The Bertz CT molecular complexity index is 902. The van der Waals surface area contributed by atoms with Crippen molar-refractivity contribution in [1.82, 2.24) is 20.1 Å². The number of thiazole rings is 1. The minimum absolute atomic E-state index is 0.0212. The van der Waals surface area contributed by atoms with E-state index >= 15 is 0 Å². The van der Waals surface area contributed by atoms with E-state index in [4.69, 9.17) is 0 Å². The third kappa shape index (κ3) is 5.15. The molecule has 11 heteroatoms. The maximum atomic E-state index is 12.1. The predicted molar refractivity (Wildman–Crippen MR) is 104 cm³/mol. The predicted octanol–water partition coefficient (Wildman–Crippen LogP) is 0.527. The van der Waals surface area contributed by atoms with Crippen molar-refractivity contribution in [2.24, 2.45) is 5.92 Å². The topological polar surface area (TPSA) is 121 Å². The van der Waals surface area contributed by atoms with Gasteiger partial charge in [0, 0.05) is 19.0 Å². The molecular formula is C16H21N5O4S2. The molecule has 0 atom stereocenters. The first-order valence-corrected chi connectivity index (χ1v) is 11.1. The number of hydrogen-bond acceptors (Lipinski definition) is 7. The minimum Gasteiger partial charge on any atom is -0.352 e. The van der Waals surface area contributed by atoms with Crippen molar-refractivity contribution in [3.05, 3.63) is 24.3 Å². The number of rotatable bonds is 5. The highest BCUT2D eigenvalue weighted by atomic mass is 32.2. The number of piperidine rings is 1. The number of anilines is 1. The Balaban J connectivity index is 1.40. The van der Waals surface area contributed by atoms with Gasteiger partial charge in [-0.25, -0.2) is 17.7 Å². The molecule has 2 aromatic rings. The molecule has 1 fully saturated rings. The van der Waals surface area contributed by atoms with E-state index in [2.05, 4.69) is 21.2 Å². The van der Waals surface area contributed by atoms with E-state index in [1.165, 1.54) is 15.6 Å². The molecule has 146 valence electrons. The van der Waals surface area contributed by atoms with Crippen LogP contribution in [0, 0.1) is 5.92 Å². The molecule has 0 bridgehead atoms. The normalized spacial score (nSPS) is 16.2. The standard InChI is InChI=1S/C16H21N5O4S2/c1-27(24,25)21-8-6-11(7-9-21)15(23)20-19-14(22)10-17-16-18-12-4-2-3-5-13(12)26-16/h2-5,11H,6-10H2,1H3,(H,17,18)(H,19,22)(H,20,23). The molecule has 1 aliphatic rings. The molecule has 1 aromatic heterocycles. The van der Waals surface area contributed by atoms with Gasteiger partial charge >= 0.3 is 0 Å². The molecule has 27 heavy (non-hydrogen) atoms. The Labute approximate surface area is 161 Å². The van der Waals surface area contributed by atoms with Crippen LogP contribution in [0.2, 0.25) is 0 Å². The Kier molecular flexibility index (Phi) is 5.92. The molecule has 0 unspecified atom stereocenters. The SMILES string of the molecule is CS(=O)(=O)N1CCC(C(=O)NNC(=O)CNc2nc3ccccc3s2)CC1. The number of hydrogen-bond donors (Lipinski definition) is 3. The number of fused-ring (bicyclic) bond motifs is 1. The fourth-order valence-corrected chi connectivity index (χ4v) is 4.57. The van der Waals surface area contributed by atoms with E-state index in [9.17, 15) is 18.0 Å². The van der Waals surface area contributed by atoms with Gasteiger partial charge in [-0.2, -0.15) is 0 Å². The smallest absolute Gasteiger partial charge is 0.257 e. The van der Waals surface area contributed by atoms with Gasteiger partial charge in [0.1, 0.15) is 0 Å². The van der Waals surface area contributed by atoms with Crippen molar-refractivity contribution in [1.29, 1.82) is 0 Å². The van der Waals surface area contributed by atoms with Crippen LogP contribution in [-0.2, 0) is 19.6 Å². The zero-order chi connectivity index (χ0) is 19.4. The van der Waals surface area contributed by atoms with Crippen molar-refractivity contribution in [3.63, 3.8) is 0 Å². The second-order valence-corrected chi connectivity index (χ2v) is 9.33. The highest BCUT2D eigenvalue weighted by Crippen LogP contribution is 2.25. The van der Waals surface area contributed by atoms with Crippen LogP contribution in [-0.4, -0.2) is 55.4 Å². The quantitative estimate of drug-likeness (QED) is 0.617. The number of hydrazine groups is 1. The number of sulfonamides is 1. The number of para-hydroxylation sites is 1. The lowest BCUT2D eigenvalue weighted by atomic mass is 9.98. The van der Waals surface area contributed by atoms with E-state index in [0.29, 0.717) is 31.1 Å². The van der Waals surface area contributed by atoms with Crippen LogP contribution in [0.4, 0.5) is 5.13 Å². The summed E-state index contributed by atoms with van der Waals surface area (Å²) in [5.41, 5.74) is 5.63. The summed E-state index contributed by atoms with van der Waals surface area (Å²) in [6.45, 7) is 0.598. The van der Waals surface area contributed by atoms with Crippen LogP contribution in [0.1, 0.15) is 12.8 Å². The number of aromatic nitrogens is 1. The first-order chi connectivity index (χ1) is 12.8. The second kappa shape index (κ2) is 8.19. The van der Waals surface area contributed by atoms with Crippen LogP contribution in [0.25, 0.3) is 10.2 Å². The molecule has 3 N–H and O–H groups in total. The van der Waals surface area contributed by atoms with Crippen molar-refractivity contribution < 1.29 is 18.0 Å². The maximum Gasteiger partial charge on any atom is 0.257 e. The third-order valence-electron chi connectivity index (χ3n) is 4.31. The fourth-order valence-electron chi connectivity index (χ4n) is 2.83. The van der Waals surface area contributed by atoms with Crippen molar-refractivity contribution in [3.8, 4) is 0 Å². The summed E-state index contributed by atoms with van der Waals surface area (Å²) in [5.74, 6) is -1.02. The number of amides is 2. The number of nitrogens with zero attached hydrogens (tertiary/aromatic N) is 2. The number of carbonyl (C=O) groups excluding carboxylic acids is 2. The van der Waals surface area contributed by atoms with Gasteiger partial charge in [-0.05, 0) is 25.0 Å². The van der Waals surface area contributed by atoms with Crippen molar-refractivity contribution >= 4 is 48.5 Å². The fraction of sp³-hybridized carbons (Fsp3) is 0.438. The van der Waals surface area contributed by atoms with Crippen LogP contribution in [0.3, 0.4) is 0 Å². The van der Waals surface area contributed by atoms with E-state index in [1.54, 1.807) is 0 Å². The van der Waals surface area contributed by atoms with E-state index < -0.39 is 15.9 Å². The largest absolute Gasteiger partial charge is 0.352 e. The molecule has 9 nitrogen and oxygen atoms in total. The lowest BCUT2D eigenvalue weighted by Crippen LogP contribution is -2.49. The Hall–Kier alpha value is -2.24. The summed E-state index contributed by atoms with van der Waals surface area (Å²) in [7, 11) is -3.23. The summed E-state index contributed by atoms with van der Waals surface area (Å²) in [6, 6.07) is 7.67. The van der Waals surface area contributed by atoms with Crippen LogP contribution in [0.5, 0.6) is 0 Å². The van der Waals surface area contributed by atoms with E-state index in [-0.39, 0.29) is 18.4 Å². The van der Waals surface area contributed by atoms with Gasteiger partial charge in [0.2, 0.25) is 15.9 Å². The molecule has 2 amide bonds. The van der Waals surface area contributed by atoms with Gasteiger partial charge in [-0.3, -0.25) is 20.4 Å². The first-order valence-electron chi connectivity index (χ1n) is 8.46. The molecule has 0 spiro atoms. The molecule has 1 saturated heterocycles. The van der Waals surface area contributed by atoms with Crippen molar-refractivity contribution in [2.45, 2.75) is 12.8 Å². The summed E-state index contributed by atoms with van der Waals surface area (Å²) in [4.78, 5) is 28.4. The average molecular weight is 412 g/mol. The van der Waals surface area contributed by atoms with Gasteiger partial charge in [0.15, 0.2) is 5.13 Å². The third-order valence-corrected chi connectivity index (χ3v) is 6.61. The van der Waals surface area contributed by atoms with Crippen LogP contribution < -0.4 is 16.2 Å². The number of benzene rings is 1. The van der Waals surface area contributed by atoms with E-state index in [1.807, 2.05) is 24.3 Å². The molecular weight excluding hydrogens is 390 g/mol. The zero-order valence-corrected chi connectivity index (χ0v) is 16.4. The Morgan fingerprint density at radius 3 is 2.59 bits per heavy atom. The monoisotopic (exact) mass is 411 g/mol. The lowest BCUT2D eigenvalue weighted by Gasteiger charge is -2.29. The number of nitrogens with one attached hydrogen (secondary N) is 3. The molecule has 2 heterocycles. The van der Waals surface area contributed by atoms with Crippen LogP contribution >= 0.6 is 11.3 Å². The minimum atomic E-state index is -3.23. The zero-order valence-electron chi connectivity index (χ0n) is 14.8. The van der Waals surface area contributed by atoms with Crippen LogP contribution in [0.15, 0.2) is 24.3 Å². The Morgan fingerprint density at radius 2 is 1.93 bits per heavy atom. The molecule has 3 rings (SSSR count). The van der Waals surface area contributed by atoms with Gasteiger partial charge in [0.25, 0.3) is 5.91 Å². The molecule has 0 aliphatic carbocycles. The summed E-state index contributed by atoms with van der Waals surface area (Å²) >= 11 is 1.45. The first kappa shape index (κ1) is 19.5. The second-order valence-electron chi connectivity index (χ2n) is 6.31. The average Bonchev–Trinajstić information content (AvgIpc) is 3.07. The number of carbonyl (C=O) groups is 2. The lowest BCUT2D eigenvalue weighted by molar-refractivity contribution is -0.131.